The zero-order valence-corrected chi connectivity index (χ0v) is 11.9. The Labute approximate surface area is 115 Å². The molecule has 0 aliphatic rings. The molecule has 3 aromatic heterocycles. The molecule has 0 bridgehead atoms. The number of fused-ring (bicyclic) bond motifs is 1. The van der Waals surface area contributed by atoms with E-state index in [2.05, 4.69) is 27.1 Å². The molecule has 3 aromatic rings. The van der Waals surface area contributed by atoms with Gasteiger partial charge < -0.3 is 4.57 Å². The normalized spacial score (nSPS) is 11.1. The molecular weight excluding hydrogens is 256 g/mol. The molecular formula is C14H14N4S. The molecule has 0 spiro atoms. The van der Waals surface area contributed by atoms with Gasteiger partial charge >= 0.3 is 0 Å². The number of hydrogen-bond donors (Lipinski definition) is 0. The summed E-state index contributed by atoms with van der Waals surface area (Å²) in [7, 11) is 1.99. The summed E-state index contributed by atoms with van der Waals surface area (Å²) in [5.41, 5.74) is 4.03. The zero-order chi connectivity index (χ0) is 13.4. The van der Waals surface area contributed by atoms with Crippen LogP contribution in [0.15, 0.2) is 35.6 Å². The molecule has 4 nitrogen and oxygen atoms in total. The minimum Gasteiger partial charge on any atom is -0.312 e. The molecule has 0 saturated carbocycles. The molecule has 3 rings (SSSR count). The molecule has 5 heteroatoms. The fraction of sp³-hybridized carbons (Fsp3) is 0.214. The molecule has 0 radical (unpaired) electrons. The van der Waals surface area contributed by atoms with Crippen LogP contribution in [0.2, 0.25) is 0 Å². The Morgan fingerprint density at radius 2 is 2.05 bits per heavy atom. The van der Waals surface area contributed by atoms with Crippen LogP contribution >= 0.6 is 11.8 Å². The van der Waals surface area contributed by atoms with Gasteiger partial charge in [-0.25, -0.2) is 15.0 Å². The predicted molar refractivity (Wildman–Crippen MR) is 78.3 cm³/mol. The van der Waals surface area contributed by atoms with E-state index in [4.69, 9.17) is 0 Å². The molecule has 0 fully saturated rings. The van der Waals surface area contributed by atoms with Gasteiger partial charge in [0.25, 0.3) is 0 Å². The summed E-state index contributed by atoms with van der Waals surface area (Å²) >= 11 is 1.63. The largest absolute Gasteiger partial charge is 0.312 e. The second-order valence-corrected chi connectivity index (χ2v) is 5.26. The fourth-order valence-electron chi connectivity index (χ4n) is 2.10. The van der Waals surface area contributed by atoms with Gasteiger partial charge in [0.15, 0.2) is 5.65 Å². The molecule has 0 aliphatic carbocycles. The number of imidazole rings is 1. The van der Waals surface area contributed by atoms with Crippen molar-refractivity contribution in [3.8, 4) is 11.4 Å². The molecule has 0 aliphatic heterocycles. The summed E-state index contributed by atoms with van der Waals surface area (Å²) in [4.78, 5) is 13.4. The third-order valence-electron chi connectivity index (χ3n) is 3.05. The Balaban J connectivity index is 2.21. The van der Waals surface area contributed by atoms with Crippen molar-refractivity contribution in [1.82, 2.24) is 19.5 Å². The topological polar surface area (TPSA) is 43.6 Å². The summed E-state index contributed by atoms with van der Waals surface area (Å²) in [5, 5.41) is 0.994. The maximum absolute atomic E-state index is 4.68. The molecule has 0 N–H and O–H groups in total. The molecule has 0 aromatic carbocycles. The monoisotopic (exact) mass is 270 g/mol. The zero-order valence-electron chi connectivity index (χ0n) is 11.1. The lowest BCUT2D eigenvalue weighted by molar-refractivity contribution is 0.938. The van der Waals surface area contributed by atoms with Gasteiger partial charge in [0.1, 0.15) is 11.3 Å². The Kier molecular flexibility index (Phi) is 2.98. The maximum Gasteiger partial charge on any atom is 0.160 e. The first kappa shape index (κ1) is 12.2. The number of aryl methyl sites for hydroxylation is 2. The van der Waals surface area contributed by atoms with Gasteiger partial charge in [-0.3, -0.25) is 0 Å². The van der Waals surface area contributed by atoms with Crippen molar-refractivity contribution in [3.63, 3.8) is 0 Å². The average Bonchev–Trinajstić information content (AvgIpc) is 2.75. The SMILES string of the molecule is CSc1cc(-c2nc3cc(C)cnc3n2C)ccn1. The fourth-order valence-corrected chi connectivity index (χ4v) is 2.51. The number of nitrogens with zero attached hydrogens (tertiary/aromatic N) is 4. The van der Waals surface area contributed by atoms with E-state index in [0.717, 1.165) is 33.1 Å². The van der Waals surface area contributed by atoms with E-state index in [9.17, 15) is 0 Å². The Hall–Kier alpha value is -1.88. The van der Waals surface area contributed by atoms with Crippen molar-refractivity contribution >= 4 is 22.9 Å². The molecule has 96 valence electrons. The molecule has 0 unspecified atom stereocenters. The number of hydrogen-bond acceptors (Lipinski definition) is 4. The van der Waals surface area contributed by atoms with E-state index in [1.807, 2.05) is 43.3 Å². The average molecular weight is 270 g/mol. The Bertz CT molecular complexity index is 748. The predicted octanol–water partition coefficient (Wildman–Crippen LogP) is 3.06. The Morgan fingerprint density at radius 3 is 2.84 bits per heavy atom. The van der Waals surface area contributed by atoms with E-state index >= 15 is 0 Å². The maximum atomic E-state index is 4.68. The van der Waals surface area contributed by atoms with Gasteiger partial charge in [0.2, 0.25) is 0 Å². The Morgan fingerprint density at radius 1 is 1.21 bits per heavy atom. The quantitative estimate of drug-likeness (QED) is 0.671. The van der Waals surface area contributed by atoms with Gasteiger partial charge in [0.05, 0.1) is 5.03 Å². The second kappa shape index (κ2) is 4.66. The van der Waals surface area contributed by atoms with Crippen LogP contribution in [0.5, 0.6) is 0 Å². The van der Waals surface area contributed by atoms with Crippen LogP contribution in [0, 0.1) is 6.92 Å². The van der Waals surface area contributed by atoms with Crippen molar-refractivity contribution in [3.05, 3.63) is 36.2 Å². The van der Waals surface area contributed by atoms with Crippen LogP contribution in [0.4, 0.5) is 0 Å². The van der Waals surface area contributed by atoms with Gasteiger partial charge in [0, 0.05) is 25.0 Å². The molecule has 19 heavy (non-hydrogen) atoms. The smallest absolute Gasteiger partial charge is 0.160 e. The van der Waals surface area contributed by atoms with Crippen molar-refractivity contribution in [2.45, 2.75) is 11.9 Å². The first-order chi connectivity index (χ1) is 9.19. The summed E-state index contributed by atoms with van der Waals surface area (Å²) < 4.78 is 2.02. The van der Waals surface area contributed by atoms with Gasteiger partial charge in [-0.05, 0) is 36.9 Å². The second-order valence-electron chi connectivity index (χ2n) is 4.44. The summed E-state index contributed by atoms with van der Waals surface area (Å²) in [6.07, 6.45) is 5.71. The van der Waals surface area contributed by atoms with Gasteiger partial charge in [-0.15, -0.1) is 11.8 Å². The van der Waals surface area contributed by atoms with E-state index in [-0.39, 0.29) is 0 Å². The van der Waals surface area contributed by atoms with Crippen molar-refractivity contribution in [2.24, 2.45) is 7.05 Å². The minimum absolute atomic E-state index is 0.906. The lowest BCUT2D eigenvalue weighted by Gasteiger charge is -2.03. The van der Waals surface area contributed by atoms with E-state index in [0.29, 0.717) is 0 Å². The van der Waals surface area contributed by atoms with Crippen molar-refractivity contribution in [1.29, 1.82) is 0 Å². The summed E-state index contributed by atoms with van der Waals surface area (Å²) in [6, 6.07) is 6.09. The third-order valence-corrected chi connectivity index (χ3v) is 3.69. The highest BCUT2D eigenvalue weighted by Gasteiger charge is 2.11. The van der Waals surface area contributed by atoms with E-state index in [1.54, 1.807) is 11.8 Å². The van der Waals surface area contributed by atoms with Gasteiger partial charge in [-0.1, -0.05) is 0 Å². The summed E-state index contributed by atoms with van der Waals surface area (Å²) in [6.45, 7) is 2.03. The highest BCUT2D eigenvalue weighted by atomic mass is 32.2. The highest BCUT2D eigenvalue weighted by molar-refractivity contribution is 7.98. The number of aromatic nitrogens is 4. The van der Waals surface area contributed by atoms with E-state index < -0.39 is 0 Å². The lowest BCUT2D eigenvalue weighted by Crippen LogP contribution is -1.94. The van der Waals surface area contributed by atoms with Crippen molar-refractivity contribution in [2.75, 3.05) is 6.26 Å². The lowest BCUT2D eigenvalue weighted by atomic mass is 10.2. The molecule has 0 atom stereocenters. The highest BCUT2D eigenvalue weighted by Crippen LogP contribution is 2.25. The summed E-state index contributed by atoms with van der Waals surface area (Å²) in [5.74, 6) is 0.922. The molecule has 0 amide bonds. The van der Waals surface area contributed by atoms with Crippen LogP contribution in [0.25, 0.3) is 22.6 Å². The standard InChI is InChI=1S/C14H14N4S/c1-9-6-11-14(16-8-9)18(2)13(17-11)10-4-5-15-12(7-10)19-3/h4-8H,1-3H3. The first-order valence-electron chi connectivity index (χ1n) is 5.98. The third kappa shape index (κ3) is 2.10. The van der Waals surface area contributed by atoms with Gasteiger partial charge in [-0.2, -0.15) is 0 Å². The minimum atomic E-state index is 0.906. The van der Waals surface area contributed by atoms with Crippen LogP contribution in [-0.2, 0) is 7.05 Å². The van der Waals surface area contributed by atoms with Crippen LogP contribution in [0.3, 0.4) is 0 Å². The molecule has 0 saturated heterocycles. The number of pyridine rings is 2. The molecule has 3 heterocycles. The van der Waals surface area contributed by atoms with Crippen molar-refractivity contribution < 1.29 is 0 Å². The number of rotatable bonds is 2. The van der Waals surface area contributed by atoms with Crippen LogP contribution in [0.1, 0.15) is 5.56 Å². The first-order valence-corrected chi connectivity index (χ1v) is 7.21. The van der Waals surface area contributed by atoms with Crippen LogP contribution in [-0.4, -0.2) is 25.8 Å². The number of thioether (sulfide) groups is 1. The van der Waals surface area contributed by atoms with Crippen LogP contribution < -0.4 is 0 Å². The van der Waals surface area contributed by atoms with E-state index in [1.165, 1.54) is 0 Å².